The third-order valence-electron chi connectivity index (χ3n) is 4.02. The highest BCUT2D eigenvalue weighted by Gasteiger charge is 2.33. The van der Waals surface area contributed by atoms with Crippen LogP contribution < -0.4 is 0 Å². The molecule has 0 bridgehead atoms. The van der Waals surface area contributed by atoms with Gasteiger partial charge in [0.25, 0.3) is 0 Å². The molecule has 0 saturated heterocycles. The second-order valence-corrected chi connectivity index (χ2v) is 6.41. The van der Waals surface area contributed by atoms with E-state index in [4.69, 9.17) is 4.74 Å². The summed E-state index contributed by atoms with van der Waals surface area (Å²) in [5.41, 5.74) is 1.57. The molecular formula is C17H19NO3S. The van der Waals surface area contributed by atoms with Crippen LogP contribution in [0.1, 0.15) is 53.2 Å². The van der Waals surface area contributed by atoms with Crippen LogP contribution in [0.4, 0.5) is 0 Å². The third kappa shape index (κ3) is 2.73. The number of carbonyl (C=O) groups excluding carboxylic acids is 2. The molecule has 116 valence electrons. The van der Waals surface area contributed by atoms with Crippen LogP contribution in [0.2, 0.25) is 0 Å². The summed E-state index contributed by atoms with van der Waals surface area (Å²) < 4.78 is 7.30. The van der Waals surface area contributed by atoms with Crippen molar-refractivity contribution in [1.82, 2.24) is 4.57 Å². The van der Waals surface area contributed by atoms with E-state index in [1.807, 2.05) is 34.2 Å². The van der Waals surface area contributed by atoms with Gasteiger partial charge in [0, 0.05) is 12.2 Å². The van der Waals surface area contributed by atoms with Gasteiger partial charge in [-0.2, -0.15) is 0 Å². The molecule has 0 radical (unpaired) electrons. The number of ketones is 1. The summed E-state index contributed by atoms with van der Waals surface area (Å²) in [7, 11) is 0. The zero-order chi connectivity index (χ0) is 15.5. The van der Waals surface area contributed by atoms with Gasteiger partial charge in [-0.25, -0.2) is 0 Å². The van der Waals surface area contributed by atoms with E-state index >= 15 is 0 Å². The number of ether oxygens (including phenoxy) is 1. The molecule has 0 fully saturated rings. The molecule has 22 heavy (non-hydrogen) atoms. The Bertz CT molecular complexity index is 672. The van der Waals surface area contributed by atoms with Gasteiger partial charge in [0.2, 0.25) is 5.78 Å². The number of hydrogen-bond donors (Lipinski definition) is 0. The van der Waals surface area contributed by atoms with E-state index in [9.17, 15) is 9.59 Å². The number of nitrogens with zero attached hydrogens (tertiary/aromatic N) is 1. The summed E-state index contributed by atoms with van der Waals surface area (Å²) in [4.78, 5) is 25.4. The van der Waals surface area contributed by atoms with Crippen molar-refractivity contribution in [2.24, 2.45) is 0 Å². The summed E-state index contributed by atoms with van der Waals surface area (Å²) in [6, 6.07) is 7.42. The Kier molecular flexibility index (Phi) is 4.43. The second-order valence-electron chi connectivity index (χ2n) is 5.46. The van der Waals surface area contributed by atoms with E-state index in [2.05, 4.69) is 6.92 Å². The fourth-order valence-corrected chi connectivity index (χ4v) is 3.50. The van der Waals surface area contributed by atoms with E-state index in [0.29, 0.717) is 25.3 Å². The largest absolute Gasteiger partial charge is 0.465 e. The van der Waals surface area contributed by atoms with Crippen LogP contribution in [0.15, 0.2) is 29.6 Å². The molecule has 2 aromatic heterocycles. The lowest BCUT2D eigenvalue weighted by molar-refractivity contribution is -0.145. The summed E-state index contributed by atoms with van der Waals surface area (Å²) in [6.07, 6.45) is 2.61. The van der Waals surface area contributed by atoms with Crippen molar-refractivity contribution in [1.29, 1.82) is 0 Å². The van der Waals surface area contributed by atoms with Crippen molar-refractivity contribution >= 4 is 23.1 Å². The summed E-state index contributed by atoms with van der Waals surface area (Å²) in [6.45, 7) is 3.24. The number of thiophene rings is 1. The quantitative estimate of drug-likeness (QED) is 0.464. The number of hydrogen-bond acceptors (Lipinski definition) is 4. The Balaban J connectivity index is 1.76. The van der Waals surface area contributed by atoms with E-state index in [-0.39, 0.29) is 17.7 Å². The van der Waals surface area contributed by atoms with Gasteiger partial charge in [-0.15, -0.1) is 11.3 Å². The Labute approximate surface area is 133 Å². The van der Waals surface area contributed by atoms with Gasteiger partial charge >= 0.3 is 5.97 Å². The highest BCUT2D eigenvalue weighted by atomic mass is 32.1. The minimum atomic E-state index is -0.234. The average Bonchev–Trinajstić information content (AvgIpc) is 3.23. The van der Waals surface area contributed by atoms with Crippen molar-refractivity contribution in [3.05, 3.63) is 45.9 Å². The van der Waals surface area contributed by atoms with Crippen LogP contribution in [-0.4, -0.2) is 22.9 Å². The number of fused-ring (bicyclic) bond motifs is 1. The van der Waals surface area contributed by atoms with Crippen LogP contribution in [-0.2, 0) is 16.1 Å². The lowest BCUT2D eigenvalue weighted by Gasteiger charge is -2.09. The molecule has 3 rings (SSSR count). The number of rotatable bonds is 6. The standard InChI is InChI=1S/C17H19NO3S/c1-2-3-10-21-17(20)12-8-9-18-13(12)6-7-14(18)16(19)15-5-4-11-22-15/h4-7,11-12H,2-3,8-10H2,1H3. The normalized spacial score (nSPS) is 16.5. The smallest absolute Gasteiger partial charge is 0.315 e. The molecule has 0 amide bonds. The maximum Gasteiger partial charge on any atom is 0.315 e. The first-order valence-corrected chi connectivity index (χ1v) is 8.54. The summed E-state index contributed by atoms with van der Waals surface area (Å²) in [5, 5.41) is 1.90. The maximum absolute atomic E-state index is 12.5. The summed E-state index contributed by atoms with van der Waals surface area (Å²) >= 11 is 1.44. The molecule has 1 atom stereocenters. The van der Waals surface area contributed by atoms with Gasteiger partial charge < -0.3 is 9.30 Å². The SMILES string of the molecule is CCCCOC(=O)C1CCn2c(C(=O)c3cccs3)ccc21. The third-order valence-corrected chi connectivity index (χ3v) is 4.89. The number of esters is 1. The Morgan fingerprint density at radius 2 is 2.23 bits per heavy atom. The molecule has 4 nitrogen and oxygen atoms in total. The Morgan fingerprint density at radius 3 is 2.95 bits per heavy atom. The topological polar surface area (TPSA) is 48.3 Å². The minimum absolute atomic E-state index is 0.0289. The first kappa shape index (κ1) is 15.0. The van der Waals surface area contributed by atoms with Gasteiger partial charge in [0.05, 0.1) is 23.1 Å². The van der Waals surface area contributed by atoms with Crippen LogP contribution >= 0.6 is 11.3 Å². The second kappa shape index (κ2) is 6.48. The fourth-order valence-electron chi connectivity index (χ4n) is 2.83. The molecule has 2 aromatic rings. The van der Waals surface area contributed by atoms with E-state index < -0.39 is 0 Å². The van der Waals surface area contributed by atoms with Gasteiger partial charge in [-0.3, -0.25) is 9.59 Å². The number of unbranched alkanes of at least 4 members (excludes halogenated alkanes) is 1. The van der Waals surface area contributed by atoms with E-state index in [1.54, 1.807) is 0 Å². The van der Waals surface area contributed by atoms with Crippen molar-refractivity contribution in [3.63, 3.8) is 0 Å². The molecular weight excluding hydrogens is 298 g/mol. The zero-order valence-corrected chi connectivity index (χ0v) is 13.4. The van der Waals surface area contributed by atoms with E-state index in [1.165, 1.54) is 11.3 Å². The van der Waals surface area contributed by atoms with Crippen LogP contribution in [0.25, 0.3) is 0 Å². The van der Waals surface area contributed by atoms with E-state index in [0.717, 1.165) is 23.4 Å². The van der Waals surface area contributed by atoms with Gasteiger partial charge in [-0.05, 0) is 36.4 Å². The van der Waals surface area contributed by atoms with Gasteiger partial charge in [-0.1, -0.05) is 19.4 Å². The highest BCUT2D eigenvalue weighted by Crippen LogP contribution is 2.32. The lowest BCUT2D eigenvalue weighted by Crippen LogP contribution is -2.14. The number of aromatic nitrogens is 1. The molecule has 1 aliphatic heterocycles. The van der Waals surface area contributed by atoms with Crippen LogP contribution in [0.3, 0.4) is 0 Å². The van der Waals surface area contributed by atoms with Crippen molar-refractivity contribution in [2.75, 3.05) is 6.61 Å². The molecule has 1 aliphatic rings. The van der Waals surface area contributed by atoms with Crippen molar-refractivity contribution in [3.8, 4) is 0 Å². The average molecular weight is 317 g/mol. The summed E-state index contributed by atoms with van der Waals surface area (Å²) in [5.74, 6) is -0.372. The molecule has 0 aliphatic carbocycles. The van der Waals surface area contributed by atoms with Crippen molar-refractivity contribution < 1.29 is 14.3 Å². The highest BCUT2D eigenvalue weighted by molar-refractivity contribution is 7.12. The molecule has 3 heterocycles. The molecule has 0 saturated carbocycles. The Hall–Kier alpha value is -1.88. The molecule has 5 heteroatoms. The predicted molar refractivity (Wildman–Crippen MR) is 85.4 cm³/mol. The maximum atomic E-state index is 12.5. The van der Waals surface area contributed by atoms with Gasteiger partial charge in [0.1, 0.15) is 0 Å². The molecule has 0 aromatic carbocycles. The number of carbonyl (C=O) groups is 2. The van der Waals surface area contributed by atoms with Crippen molar-refractivity contribution in [2.45, 2.75) is 38.6 Å². The first-order valence-electron chi connectivity index (χ1n) is 7.66. The Morgan fingerprint density at radius 1 is 1.36 bits per heavy atom. The van der Waals surface area contributed by atoms with Crippen LogP contribution in [0.5, 0.6) is 0 Å². The molecule has 0 spiro atoms. The predicted octanol–water partition coefficient (Wildman–Crippen LogP) is 3.61. The van der Waals surface area contributed by atoms with Gasteiger partial charge in [0.15, 0.2) is 0 Å². The zero-order valence-electron chi connectivity index (χ0n) is 12.6. The fraction of sp³-hybridized carbons (Fsp3) is 0.412. The minimum Gasteiger partial charge on any atom is -0.465 e. The molecule has 0 N–H and O–H groups in total. The lowest BCUT2D eigenvalue weighted by atomic mass is 10.1. The molecule has 1 unspecified atom stereocenters. The first-order chi connectivity index (χ1) is 10.7. The monoisotopic (exact) mass is 317 g/mol. The van der Waals surface area contributed by atoms with Crippen LogP contribution in [0, 0.1) is 0 Å².